The number of ether oxygens (including phenoxy) is 1. The molecular weight excluding hydrogens is 316 g/mol. The quantitative estimate of drug-likeness (QED) is 0.865. The van der Waals surface area contributed by atoms with Crippen molar-refractivity contribution >= 4 is 15.7 Å². The second-order valence-corrected chi connectivity index (χ2v) is 6.98. The van der Waals surface area contributed by atoms with Gasteiger partial charge in [-0.1, -0.05) is 36.4 Å². The number of methoxy groups -OCH3 is 1. The number of sulfone groups is 1. The van der Waals surface area contributed by atoms with Gasteiger partial charge in [0.2, 0.25) is 0 Å². The minimum absolute atomic E-state index is 0.00614. The third-order valence-corrected chi connectivity index (χ3v) is 4.22. The van der Waals surface area contributed by atoms with Crippen molar-refractivity contribution in [2.45, 2.75) is 17.7 Å². The zero-order chi connectivity index (χ0) is 16.9. The van der Waals surface area contributed by atoms with Gasteiger partial charge in [0.05, 0.1) is 0 Å². The Labute approximate surface area is 135 Å². The second-order valence-electron chi connectivity index (χ2n) is 5.02. The van der Waals surface area contributed by atoms with Gasteiger partial charge in [-0.2, -0.15) is 0 Å². The number of aromatic nitrogens is 1. The summed E-state index contributed by atoms with van der Waals surface area (Å²) in [4.78, 5) is 16.1. The molecule has 1 atom stereocenters. The van der Waals surface area contributed by atoms with Gasteiger partial charge in [-0.05, 0) is 17.2 Å². The zero-order valence-corrected chi connectivity index (χ0v) is 13.7. The van der Waals surface area contributed by atoms with Crippen LogP contribution in [0.2, 0.25) is 0 Å². The van der Waals surface area contributed by atoms with Crippen molar-refractivity contribution in [2.24, 2.45) is 0 Å². The molecular formula is C16H18N2O4S. The Kier molecular flexibility index (Phi) is 5.46. The topological polar surface area (TPSA) is 85.4 Å². The van der Waals surface area contributed by atoms with E-state index in [0.717, 1.165) is 11.8 Å². The lowest BCUT2D eigenvalue weighted by atomic mass is 10.1. The first kappa shape index (κ1) is 17.1. The van der Waals surface area contributed by atoms with Gasteiger partial charge in [0, 0.05) is 26.1 Å². The lowest BCUT2D eigenvalue weighted by Crippen LogP contribution is -2.30. The average molecular weight is 334 g/mol. The van der Waals surface area contributed by atoms with E-state index in [9.17, 15) is 13.2 Å². The number of hydrogen-bond acceptors (Lipinski definition) is 5. The van der Waals surface area contributed by atoms with E-state index < -0.39 is 15.9 Å². The van der Waals surface area contributed by atoms with Crippen molar-refractivity contribution in [1.82, 2.24) is 10.3 Å². The molecule has 2 aromatic rings. The Morgan fingerprint density at radius 3 is 2.43 bits per heavy atom. The molecule has 6 nitrogen and oxygen atoms in total. The summed E-state index contributed by atoms with van der Waals surface area (Å²) in [7, 11) is -1.85. The first-order valence-corrected chi connectivity index (χ1v) is 8.81. The van der Waals surface area contributed by atoms with Crippen LogP contribution in [0.5, 0.6) is 0 Å². The number of pyridine rings is 1. The summed E-state index contributed by atoms with van der Waals surface area (Å²) >= 11 is 0. The molecule has 7 heteroatoms. The average Bonchev–Trinajstić information content (AvgIpc) is 2.54. The summed E-state index contributed by atoms with van der Waals surface area (Å²) in [6.07, 6.45) is 1.83. The lowest BCUT2D eigenvalue weighted by molar-refractivity contribution is -0.131. The number of nitrogens with one attached hydrogen (secondary N) is 1. The van der Waals surface area contributed by atoms with Crippen LogP contribution in [0.3, 0.4) is 0 Å². The fraction of sp³-hybridized carbons (Fsp3) is 0.250. The van der Waals surface area contributed by atoms with Gasteiger partial charge in [0.25, 0.3) is 5.91 Å². The summed E-state index contributed by atoms with van der Waals surface area (Å²) in [5.74, 6) is -0.272. The molecule has 0 aliphatic rings. The fourth-order valence-electron chi connectivity index (χ4n) is 2.04. The molecule has 2 rings (SSSR count). The number of carbonyl (C=O) groups excluding carboxylic acids is 1. The highest BCUT2D eigenvalue weighted by Crippen LogP contribution is 2.16. The van der Waals surface area contributed by atoms with Gasteiger partial charge >= 0.3 is 0 Å². The molecule has 0 bridgehead atoms. The van der Waals surface area contributed by atoms with Crippen LogP contribution >= 0.6 is 0 Å². The molecule has 0 aliphatic carbocycles. The van der Waals surface area contributed by atoms with E-state index in [0.29, 0.717) is 5.56 Å². The van der Waals surface area contributed by atoms with E-state index in [1.165, 1.54) is 19.4 Å². The van der Waals surface area contributed by atoms with Crippen LogP contribution in [-0.2, 0) is 25.9 Å². The zero-order valence-electron chi connectivity index (χ0n) is 12.9. The van der Waals surface area contributed by atoms with Crippen molar-refractivity contribution in [1.29, 1.82) is 0 Å². The van der Waals surface area contributed by atoms with Crippen molar-refractivity contribution < 1.29 is 17.9 Å². The third kappa shape index (κ3) is 4.61. The minimum Gasteiger partial charge on any atom is -0.367 e. The van der Waals surface area contributed by atoms with E-state index >= 15 is 0 Å². The molecule has 1 amide bonds. The Balaban J connectivity index is 2.01. The predicted octanol–water partition coefficient (Wildman–Crippen LogP) is 1.49. The van der Waals surface area contributed by atoms with Crippen molar-refractivity contribution in [3.8, 4) is 0 Å². The first-order valence-electron chi connectivity index (χ1n) is 6.92. The summed E-state index contributed by atoms with van der Waals surface area (Å²) in [5, 5.41) is 2.76. The van der Waals surface area contributed by atoms with Crippen LogP contribution in [0.15, 0.2) is 53.7 Å². The minimum atomic E-state index is -3.32. The van der Waals surface area contributed by atoms with Gasteiger partial charge in [-0.25, -0.2) is 13.4 Å². The number of carbonyl (C=O) groups is 1. The van der Waals surface area contributed by atoms with Crippen LogP contribution in [0, 0.1) is 0 Å². The Hall–Kier alpha value is -2.25. The summed E-state index contributed by atoms with van der Waals surface area (Å²) in [5.41, 5.74) is 1.46. The molecule has 0 fully saturated rings. The highest BCUT2D eigenvalue weighted by Gasteiger charge is 2.19. The Morgan fingerprint density at radius 2 is 1.91 bits per heavy atom. The second kappa shape index (κ2) is 7.34. The number of benzene rings is 1. The maximum absolute atomic E-state index is 12.2. The van der Waals surface area contributed by atoms with Gasteiger partial charge in [-0.15, -0.1) is 0 Å². The summed E-state index contributed by atoms with van der Waals surface area (Å²) in [6.45, 7) is 0.239. The molecule has 122 valence electrons. The van der Waals surface area contributed by atoms with Gasteiger partial charge < -0.3 is 10.1 Å². The Morgan fingerprint density at radius 1 is 1.22 bits per heavy atom. The van der Waals surface area contributed by atoms with Crippen molar-refractivity contribution in [3.05, 3.63) is 59.8 Å². The number of hydrogen-bond donors (Lipinski definition) is 1. The maximum atomic E-state index is 12.2. The molecule has 1 N–H and O–H groups in total. The van der Waals surface area contributed by atoms with E-state index in [2.05, 4.69) is 10.3 Å². The van der Waals surface area contributed by atoms with Gasteiger partial charge in [-0.3, -0.25) is 4.79 Å². The molecule has 0 saturated carbocycles. The molecule has 0 radical (unpaired) electrons. The third-order valence-electron chi connectivity index (χ3n) is 3.22. The fourth-order valence-corrected chi connectivity index (χ4v) is 2.60. The number of amides is 1. The standard InChI is InChI=1S/C16H18N2O4S/c1-22-15(13-6-4-3-5-7-13)16(19)18-11-12-8-9-14(17-10-12)23(2,20)21/h3-10,15H,11H2,1-2H3,(H,18,19)/t15-/m1/s1. The Bertz CT molecular complexity index is 758. The number of rotatable bonds is 6. The van der Waals surface area contributed by atoms with Crippen LogP contribution < -0.4 is 5.32 Å². The highest BCUT2D eigenvalue weighted by molar-refractivity contribution is 7.90. The smallest absolute Gasteiger partial charge is 0.254 e. The molecule has 0 saturated heterocycles. The van der Waals surface area contributed by atoms with E-state index in [1.807, 2.05) is 30.3 Å². The molecule has 0 aliphatic heterocycles. The lowest BCUT2D eigenvalue weighted by Gasteiger charge is -2.15. The van der Waals surface area contributed by atoms with E-state index in [-0.39, 0.29) is 17.5 Å². The van der Waals surface area contributed by atoms with Crippen LogP contribution in [-0.4, -0.2) is 32.7 Å². The van der Waals surface area contributed by atoms with Crippen molar-refractivity contribution in [3.63, 3.8) is 0 Å². The van der Waals surface area contributed by atoms with Gasteiger partial charge in [0.1, 0.15) is 0 Å². The van der Waals surface area contributed by atoms with Gasteiger partial charge in [0.15, 0.2) is 21.0 Å². The van der Waals surface area contributed by atoms with Crippen LogP contribution in [0.1, 0.15) is 17.2 Å². The van der Waals surface area contributed by atoms with E-state index in [1.54, 1.807) is 6.07 Å². The van der Waals surface area contributed by atoms with Crippen molar-refractivity contribution in [2.75, 3.05) is 13.4 Å². The monoisotopic (exact) mass is 334 g/mol. The molecule has 23 heavy (non-hydrogen) atoms. The summed E-state index contributed by atoms with van der Waals surface area (Å²) in [6, 6.07) is 12.2. The first-order chi connectivity index (χ1) is 10.9. The molecule has 0 spiro atoms. The maximum Gasteiger partial charge on any atom is 0.254 e. The molecule has 1 aromatic heterocycles. The number of nitrogens with zero attached hydrogens (tertiary/aromatic N) is 1. The highest BCUT2D eigenvalue weighted by atomic mass is 32.2. The largest absolute Gasteiger partial charge is 0.367 e. The molecule has 0 unspecified atom stereocenters. The predicted molar refractivity (Wildman–Crippen MR) is 85.4 cm³/mol. The summed E-state index contributed by atoms with van der Waals surface area (Å²) < 4.78 is 27.9. The van der Waals surface area contributed by atoms with Crippen LogP contribution in [0.25, 0.3) is 0 Å². The normalized spacial score (nSPS) is 12.6. The van der Waals surface area contributed by atoms with Crippen LogP contribution in [0.4, 0.5) is 0 Å². The molecule has 1 aromatic carbocycles. The van der Waals surface area contributed by atoms with E-state index in [4.69, 9.17) is 4.74 Å². The SMILES string of the molecule is CO[C@@H](C(=O)NCc1ccc(S(C)(=O)=O)nc1)c1ccccc1. The molecule has 1 heterocycles.